The highest BCUT2D eigenvalue weighted by Crippen LogP contribution is 2.60. The Kier molecular flexibility index (Phi) is 5.21. The first-order chi connectivity index (χ1) is 8.88. The number of primary amides is 1. The van der Waals surface area contributed by atoms with Crippen molar-refractivity contribution in [2.24, 2.45) is 5.73 Å². The van der Waals surface area contributed by atoms with Gasteiger partial charge in [0.05, 0.1) is 12.0 Å². The van der Waals surface area contributed by atoms with E-state index in [2.05, 4.69) is 0 Å². The molecule has 2 nitrogen and oxygen atoms in total. The van der Waals surface area contributed by atoms with Crippen LogP contribution in [-0.2, 0) is 17.4 Å². The molecule has 1 heterocycles. The molecule has 0 aromatic heterocycles. The number of rotatable bonds is 2. The smallest absolute Gasteiger partial charge is 0.369 e. The molecule has 2 N–H and O–H groups in total. The average Bonchev–Trinajstić information content (AvgIpc) is 2.51. The van der Waals surface area contributed by atoms with Crippen molar-refractivity contribution >= 4 is 57.0 Å². The van der Waals surface area contributed by atoms with E-state index in [4.69, 9.17) is 5.73 Å². The lowest BCUT2D eigenvalue weighted by atomic mass is 10.1. The second-order valence-corrected chi connectivity index (χ2v) is 11.0. The van der Waals surface area contributed by atoms with E-state index in [0.717, 1.165) is 12.1 Å². The number of hydrogen-bond acceptors (Lipinski definition) is 6. The van der Waals surface area contributed by atoms with E-state index in [0.29, 0.717) is 15.4 Å². The Morgan fingerprint density at radius 2 is 1.84 bits per heavy atom. The number of hydrogen-bond donors (Lipinski definition) is 1. The summed E-state index contributed by atoms with van der Waals surface area (Å²) in [6.07, 6.45) is -4.61. The Bertz CT molecular complexity index is 507. The monoisotopic (exact) mass is 361 g/mol. The van der Waals surface area contributed by atoms with Gasteiger partial charge in [-0.2, -0.15) is 13.2 Å². The van der Waals surface area contributed by atoms with Crippen molar-refractivity contribution in [3.8, 4) is 0 Å². The fraction of sp³-hybridized carbons (Fsp3) is 0.222. The Balaban J connectivity index is 2.52. The molecular weight excluding hydrogens is 355 g/mol. The molecule has 2 rings (SSSR count). The molecule has 0 radical (unpaired) electrons. The van der Waals surface area contributed by atoms with Crippen LogP contribution in [0.2, 0.25) is 0 Å². The number of halogens is 3. The van der Waals surface area contributed by atoms with Crippen molar-refractivity contribution in [2.45, 2.75) is 22.4 Å². The average molecular weight is 361 g/mol. The van der Waals surface area contributed by atoms with E-state index in [1.165, 1.54) is 51.1 Å². The van der Waals surface area contributed by atoms with E-state index in [9.17, 15) is 18.0 Å². The molecule has 0 spiro atoms. The van der Waals surface area contributed by atoms with Crippen LogP contribution in [-0.4, -0.2) is 5.91 Å². The van der Waals surface area contributed by atoms with Crippen LogP contribution in [0.25, 0.3) is 0 Å². The van der Waals surface area contributed by atoms with Gasteiger partial charge in [0.1, 0.15) is 0 Å². The number of alkyl halides is 3. The summed E-state index contributed by atoms with van der Waals surface area (Å²) >= 11 is 0. The number of carbonyl (C=O) groups excluding carboxylic acids is 1. The summed E-state index contributed by atoms with van der Waals surface area (Å²) in [7, 11) is 6.95. The second-order valence-electron chi connectivity index (χ2n) is 3.47. The normalized spacial score (nSPS) is 15.7. The lowest BCUT2D eigenvalue weighted by Gasteiger charge is -2.14. The minimum absolute atomic E-state index is 0.185. The molecule has 1 amide bonds. The molecule has 0 atom stereocenters. The van der Waals surface area contributed by atoms with Gasteiger partial charge in [-0.1, -0.05) is 0 Å². The summed E-state index contributed by atoms with van der Waals surface area (Å²) in [5.41, 5.74) is 4.70. The van der Waals surface area contributed by atoms with E-state index < -0.39 is 17.6 Å². The predicted molar refractivity (Wildman–Crippen MR) is 78.8 cm³/mol. The first-order valence-electron chi connectivity index (χ1n) is 4.75. The maximum absolute atomic E-state index is 12.8. The highest BCUT2D eigenvalue weighted by atomic mass is 33.8. The number of benzene rings is 1. The van der Waals surface area contributed by atoms with Crippen molar-refractivity contribution in [1.82, 2.24) is 0 Å². The van der Waals surface area contributed by atoms with Gasteiger partial charge in [0, 0.05) is 9.79 Å². The Hall–Kier alpha value is 0.230. The minimum Gasteiger partial charge on any atom is -0.369 e. The zero-order valence-electron chi connectivity index (χ0n) is 9.02. The highest BCUT2D eigenvalue weighted by Gasteiger charge is 2.33. The van der Waals surface area contributed by atoms with Gasteiger partial charge in [-0.25, -0.2) is 0 Å². The summed E-state index contributed by atoms with van der Waals surface area (Å²) in [6, 6.07) is 2.13. The Morgan fingerprint density at radius 1 is 1.16 bits per heavy atom. The van der Waals surface area contributed by atoms with Crippen LogP contribution < -0.4 is 5.73 Å². The molecular formula is C9H6F3NOS5. The predicted octanol–water partition coefficient (Wildman–Crippen LogP) is 4.79. The largest absolute Gasteiger partial charge is 0.416 e. The minimum atomic E-state index is -4.43. The van der Waals surface area contributed by atoms with Gasteiger partial charge in [-0.05, 0) is 68.8 Å². The van der Waals surface area contributed by atoms with E-state index >= 15 is 0 Å². The van der Waals surface area contributed by atoms with Gasteiger partial charge in [-0.15, -0.1) is 0 Å². The number of carbonyl (C=O) groups is 1. The molecule has 10 heteroatoms. The summed E-state index contributed by atoms with van der Waals surface area (Å²) in [5.74, 6) is -0.637. The maximum atomic E-state index is 12.8. The summed E-state index contributed by atoms with van der Waals surface area (Å²) in [4.78, 5) is 12.2. The van der Waals surface area contributed by atoms with Crippen molar-refractivity contribution in [2.75, 3.05) is 0 Å². The van der Waals surface area contributed by atoms with E-state index in [1.807, 2.05) is 0 Å². The molecule has 19 heavy (non-hydrogen) atoms. The number of amides is 1. The molecule has 0 unspecified atom stereocenters. The number of nitrogens with two attached hydrogens (primary N) is 1. The van der Waals surface area contributed by atoms with Crippen LogP contribution >= 0.6 is 51.1 Å². The molecule has 0 bridgehead atoms. The fourth-order valence-corrected chi connectivity index (χ4v) is 10.5. The molecule has 0 fully saturated rings. The molecule has 1 aromatic rings. The first kappa shape index (κ1) is 15.6. The molecule has 0 saturated carbocycles. The summed E-state index contributed by atoms with van der Waals surface area (Å²) < 4.78 is 38.5. The number of fused-ring (bicyclic) bond motifs is 1. The second kappa shape index (κ2) is 6.33. The van der Waals surface area contributed by atoms with Crippen molar-refractivity contribution in [1.29, 1.82) is 0 Å². The molecule has 0 aliphatic carbocycles. The van der Waals surface area contributed by atoms with Gasteiger partial charge < -0.3 is 5.73 Å². The van der Waals surface area contributed by atoms with Crippen LogP contribution in [0, 0.1) is 0 Å². The fourth-order valence-electron chi connectivity index (χ4n) is 1.41. The van der Waals surface area contributed by atoms with Crippen molar-refractivity contribution in [3.05, 3.63) is 23.3 Å². The van der Waals surface area contributed by atoms with Crippen LogP contribution in [0.4, 0.5) is 13.2 Å². The third-order valence-corrected chi connectivity index (χ3v) is 10.7. The maximum Gasteiger partial charge on any atom is 0.416 e. The van der Waals surface area contributed by atoms with Crippen molar-refractivity contribution in [3.63, 3.8) is 0 Å². The zero-order valence-corrected chi connectivity index (χ0v) is 13.1. The lowest BCUT2D eigenvalue weighted by Crippen LogP contribution is -2.15. The summed E-state index contributed by atoms with van der Waals surface area (Å²) in [6.45, 7) is 0. The SMILES string of the molecule is NC(=O)Cc1cc(C(F)(F)F)cc2c1SSSSS2. The van der Waals surface area contributed by atoms with Crippen LogP contribution in [0.15, 0.2) is 21.9 Å². The third-order valence-electron chi connectivity index (χ3n) is 2.12. The van der Waals surface area contributed by atoms with Gasteiger partial charge in [0.25, 0.3) is 0 Å². The van der Waals surface area contributed by atoms with E-state index in [1.54, 1.807) is 0 Å². The molecule has 1 aliphatic heterocycles. The van der Waals surface area contributed by atoms with Crippen molar-refractivity contribution < 1.29 is 18.0 Å². The standard InChI is InChI=1S/C9H6F3NOS5/c10-9(11,12)5-1-4(2-7(13)14)8-6(3-5)15-17-19-18-16-8/h1,3H,2H2,(H2,13,14). The quantitative estimate of drug-likeness (QED) is 0.764. The summed E-state index contributed by atoms with van der Waals surface area (Å²) in [5, 5.41) is 0. The van der Waals surface area contributed by atoms with Gasteiger partial charge in [0.2, 0.25) is 5.91 Å². The highest BCUT2D eigenvalue weighted by molar-refractivity contribution is 9.36. The van der Waals surface area contributed by atoms with Crippen LogP contribution in [0.5, 0.6) is 0 Å². The molecule has 1 aliphatic rings. The lowest BCUT2D eigenvalue weighted by molar-refractivity contribution is -0.138. The van der Waals surface area contributed by atoms with Crippen LogP contribution in [0.3, 0.4) is 0 Å². The zero-order chi connectivity index (χ0) is 14.0. The molecule has 1 aromatic carbocycles. The van der Waals surface area contributed by atoms with Crippen LogP contribution in [0.1, 0.15) is 11.1 Å². The topological polar surface area (TPSA) is 43.1 Å². The molecule has 0 saturated heterocycles. The van der Waals surface area contributed by atoms with E-state index in [-0.39, 0.29) is 6.42 Å². The Morgan fingerprint density at radius 3 is 2.47 bits per heavy atom. The Labute approximate surface area is 126 Å². The van der Waals surface area contributed by atoms with Gasteiger partial charge in [-0.3, -0.25) is 4.79 Å². The third kappa shape index (κ3) is 4.10. The molecule has 104 valence electrons. The first-order valence-corrected chi connectivity index (χ1v) is 10.9. The van der Waals surface area contributed by atoms with Gasteiger partial charge in [0.15, 0.2) is 0 Å². The van der Waals surface area contributed by atoms with Gasteiger partial charge >= 0.3 is 6.18 Å².